The average Bonchev–Trinajstić information content (AvgIpc) is 3.20. The van der Waals surface area contributed by atoms with Gasteiger partial charge in [-0.25, -0.2) is 9.89 Å². The minimum absolute atomic E-state index is 0.00921. The maximum Gasteiger partial charge on any atom is 0.433 e. The van der Waals surface area contributed by atoms with Gasteiger partial charge in [-0.1, -0.05) is 11.8 Å². The first-order valence-corrected chi connectivity index (χ1v) is 14.2. The number of amides is 2. The van der Waals surface area contributed by atoms with Gasteiger partial charge < -0.3 is 15.0 Å². The molecule has 2 amide bonds. The molecule has 2 aliphatic rings. The number of β-lactam (4-membered cyclic amide) rings is 1. The monoisotopic (exact) mass is 580 g/mol. The summed E-state index contributed by atoms with van der Waals surface area (Å²) in [6.45, 7) is 0. The Balaban J connectivity index is 1.79. The van der Waals surface area contributed by atoms with E-state index < -0.39 is 84.9 Å². The van der Waals surface area contributed by atoms with E-state index in [2.05, 4.69) is 25.9 Å². The van der Waals surface area contributed by atoms with E-state index in [1.165, 1.54) is 0 Å². The molecule has 3 rings (SSSR count). The van der Waals surface area contributed by atoms with Gasteiger partial charge in [-0.2, -0.15) is 21.6 Å². The smallest absolute Gasteiger partial charge is 0.433 e. The van der Waals surface area contributed by atoms with Crippen LogP contribution in [0.25, 0.3) is 0 Å². The van der Waals surface area contributed by atoms with Crippen molar-refractivity contribution >= 4 is 62.6 Å². The zero-order valence-corrected chi connectivity index (χ0v) is 20.2. The van der Waals surface area contributed by atoms with Crippen LogP contribution in [0.3, 0.4) is 0 Å². The Labute approximate surface area is 205 Å². The molecule has 0 aliphatic carbocycles. The quantitative estimate of drug-likeness (QED) is 0.108. The number of aromatic nitrogens is 4. The molecule has 1 saturated heterocycles. The highest BCUT2D eigenvalue weighted by atomic mass is 32.2. The number of alkyl halides is 3. The maximum absolute atomic E-state index is 12.7. The fraction of sp³-hybridized carbons (Fsp3) is 0.571. The van der Waals surface area contributed by atoms with Crippen LogP contribution in [0.5, 0.6) is 0 Å². The summed E-state index contributed by atoms with van der Waals surface area (Å²) < 4.78 is 80.8. The first kappa shape index (κ1) is 27.5. The number of fused-ring (bicyclic) bond motifs is 1. The van der Waals surface area contributed by atoms with E-state index in [1.807, 2.05) is 0 Å². The molecular formula is C14H15F3N6O8S4. The van der Waals surface area contributed by atoms with Crippen molar-refractivity contribution in [2.24, 2.45) is 0 Å². The summed E-state index contributed by atoms with van der Waals surface area (Å²) in [4.78, 5) is 37.5. The van der Waals surface area contributed by atoms with Gasteiger partial charge in [0.05, 0.1) is 11.0 Å². The Bertz CT molecular complexity index is 1130. The van der Waals surface area contributed by atoms with E-state index in [4.69, 9.17) is 0 Å². The molecule has 0 saturated carbocycles. The fourth-order valence-corrected chi connectivity index (χ4v) is 7.74. The third-order valence-electron chi connectivity index (χ3n) is 4.46. The summed E-state index contributed by atoms with van der Waals surface area (Å²) in [5.74, 6) is -7.37. The molecule has 0 spiro atoms. The molecule has 4 atom stereocenters. The number of carboxylic acid groups (broad SMARTS) is 1. The summed E-state index contributed by atoms with van der Waals surface area (Å²) in [6, 6.07) is -1.29. The van der Waals surface area contributed by atoms with Gasteiger partial charge in [-0.15, -0.1) is 16.9 Å². The third kappa shape index (κ3) is 7.00. The molecule has 1 aromatic heterocycles. The standard InChI is InChI=1S/C14H15F3N6O8S4/c15-14(16,17)4-34(28)2-7(24)18-8-10(25)23-9(12(26)27)5(1-32-11(8)23)6(3-35(29,30)31)33-13-19-21-22-20-13/h6,8,11H,1-4H2,(H,18,24)(H,26,27)(H,29,30,31)(H,19,20,21,22)/t6?,8?,11-,34?/m0/s1. The van der Waals surface area contributed by atoms with E-state index in [1.54, 1.807) is 0 Å². The maximum atomic E-state index is 12.7. The second kappa shape index (κ2) is 10.5. The van der Waals surface area contributed by atoms with Crippen molar-refractivity contribution in [2.75, 3.05) is 23.0 Å². The zero-order valence-electron chi connectivity index (χ0n) is 17.0. The summed E-state index contributed by atoms with van der Waals surface area (Å²) >= 11 is -0.906. The number of carbonyl (C=O) groups is 3. The van der Waals surface area contributed by atoms with Crippen LogP contribution < -0.4 is 5.32 Å². The number of carboxylic acids is 1. The number of rotatable bonds is 10. The van der Waals surface area contributed by atoms with Gasteiger partial charge in [-0.3, -0.25) is 19.0 Å². The molecule has 14 nitrogen and oxygen atoms in total. The van der Waals surface area contributed by atoms with Crippen molar-refractivity contribution < 1.29 is 50.2 Å². The Hall–Kier alpha value is -2.07. The van der Waals surface area contributed by atoms with Gasteiger partial charge in [0.1, 0.15) is 17.1 Å². The predicted octanol–water partition coefficient (Wildman–Crippen LogP) is -1.40. The van der Waals surface area contributed by atoms with E-state index in [0.29, 0.717) is 11.8 Å². The lowest BCUT2D eigenvalue weighted by Crippen LogP contribution is -2.71. The molecule has 2 aliphatic heterocycles. The number of aliphatic carboxylic acids is 1. The van der Waals surface area contributed by atoms with E-state index in [0.717, 1.165) is 16.7 Å². The summed E-state index contributed by atoms with van der Waals surface area (Å²) in [5, 5.41) is 22.3. The number of thioether (sulfide) groups is 2. The molecular weight excluding hydrogens is 565 g/mol. The van der Waals surface area contributed by atoms with Gasteiger partial charge in [0.2, 0.25) is 10.9 Å². The van der Waals surface area contributed by atoms with Gasteiger partial charge in [0, 0.05) is 5.75 Å². The second-order valence-corrected chi connectivity index (χ2v) is 12.3. The van der Waals surface area contributed by atoms with Crippen LogP contribution in [0.2, 0.25) is 0 Å². The number of hydrogen-bond donors (Lipinski definition) is 4. The number of H-pyrrole nitrogens is 1. The number of halogens is 3. The highest BCUT2D eigenvalue weighted by Crippen LogP contribution is 2.43. The van der Waals surface area contributed by atoms with Crippen molar-refractivity contribution in [2.45, 2.75) is 28.0 Å². The van der Waals surface area contributed by atoms with Crippen LogP contribution in [0.1, 0.15) is 0 Å². The normalized spacial score (nSPS) is 22.3. The lowest BCUT2D eigenvalue weighted by atomic mass is 10.0. The van der Waals surface area contributed by atoms with Gasteiger partial charge in [-0.05, 0) is 27.2 Å². The third-order valence-corrected chi connectivity index (χ3v) is 9.10. The number of tetrazole rings is 1. The Morgan fingerprint density at radius 1 is 1.43 bits per heavy atom. The predicted molar refractivity (Wildman–Crippen MR) is 114 cm³/mol. The highest BCUT2D eigenvalue weighted by Gasteiger charge is 2.55. The lowest BCUT2D eigenvalue weighted by Gasteiger charge is -2.50. The second-order valence-electron chi connectivity index (χ2n) is 7.04. The molecule has 1 fully saturated rings. The van der Waals surface area contributed by atoms with Crippen molar-refractivity contribution in [3.05, 3.63) is 11.3 Å². The molecule has 4 N–H and O–H groups in total. The van der Waals surface area contributed by atoms with Crippen LogP contribution in [0, 0.1) is 0 Å². The Morgan fingerprint density at radius 3 is 2.66 bits per heavy atom. The molecule has 1 aromatic rings. The molecule has 35 heavy (non-hydrogen) atoms. The van der Waals surface area contributed by atoms with Crippen LogP contribution in [0.15, 0.2) is 16.4 Å². The molecule has 3 unspecified atom stereocenters. The molecule has 21 heteroatoms. The van der Waals surface area contributed by atoms with Gasteiger partial charge in [0.15, 0.2) is 5.75 Å². The number of nitrogens with one attached hydrogen (secondary N) is 2. The number of carbonyl (C=O) groups excluding carboxylic acids is 2. The minimum atomic E-state index is -4.75. The summed E-state index contributed by atoms with van der Waals surface area (Å²) in [7, 11) is -4.61. The van der Waals surface area contributed by atoms with Gasteiger partial charge >= 0.3 is 12.1 Å². The molecule has 0 radical (unpaired) electrons. The largest absolute Gasteiger partial charge is 0.616 e. The van der Waals surface area contributed by atoms with E-state index in [-0.39, 0.29) is 16.5 Å². The van der Waals surface area contributed by atoms with Crippen molar-refractivity contribution in [1.29, 1.82) is 0 Å². The number of hydrogen-bond acceptors (Lipinski definition) is 11. The number of aromatic amines is 1. The Kier molecular flexibility index (Phi) is 8.26. The lowest BCUT2D eigenvalue weighted by molar-refractivity contribution is -0.150. The topological polar surface area (TPSA) is 219 Å². The molecule has 194 valence electrons. The van der Waals surface area contributed by atoms with Gasteiger partial charge in [0.25, 0.3) is 21.9 Å². The molecule has 3 heterocycles. The first-order valence-electron chi connectivity index (χ1n) is 9.14. The van der Waals surface area contributed by atoms with E-state index >= 15 is 0 Å². The number of nitrogens with zero attached hydrogens (tertiary/aromatic N) is 4. The Morgan fingerprint density at radius 2 is 2.11 bits per heavy atom. The minimum Gasteiger partial charge on any atom is -0.616 e. The molecule has 0 bridgehead atoms. The van der Waals surface area contributed by atoms with E-state index in [9.17, 15) is 50.2 Å². The van der Waals surface area contributed by atoms with Crippen molar-refractivity contribution in [3.63, 3.8) is 0 Å². The highest BCUT2D eigenvalue weighted by molar-refractivity contribution is 8.01. The van der Waals surface area contributed by atoms with Crippen molar-refractivity contribution in [3.8, 4) is 0 Å². The average molecular weight is 581 g/mol. The fourth-order valence-electron chi connectivity index (χ4n) is 3.22. The molecule has 0 aromatic carbocycles. The van der Waals surface area contributed by atoms with Crippen LogP contribution in [0.4, 0.5) is 13.2 Å². The summed E-state index contributed by atoms with van der Waals surface area (Å²) in [5.41, 5.74) is -0.610. The van der Waals surface area contributed by atoms with Crippen LogP contribution >= 0.6 is 23.5 Å². The van der Waals surface area contributed by atoms with Crippen molar-refractivity contribution in [1.82, 2.24) is 30.8 Å². The van der Waals surface area contributed by atoms with Crippen LogP contribution in [-0.4, -0.2) is 112 Å². The van der Waals surface area contributed by atoms with Crippen LogP contribution in [-0.2, 0) is 35.7 Å². The SMILES string of the molecule is O=C(C[S+]([O-])CC(F)(F)F)NC1C(=O)N2C(C(=O)O)=C(C(CS(=O)(=O)O)Sc3nnn[nH]3)CS[C@@H]12. The zero-order chi connectivity index (χ0) is 26.1. The summed E-state index contributed by atoms with van der Waals surface area (Å²) in [6.07, 6.45) is -4.75. The first-order chi connectivity index (χ1) is 16.2.